The molecule has 3 nitrogen and oxygen atoms in total. The molecule has 0 aliphatic carbocycles. The van der Waals surface area contributed by atoms with Crippen LogP contribution in [-0.4, -0.2) is 17.4 Å². The van der Waals surface area contributed by atoms with Gasteiger partial charge in [-0.2, -0.15) is 0 Å². The molecule has 1 aliphatic rings. The summed E-state index contributed by atoms with van der Waals surface area (Å²) in [7, 11) is 0. The molecule has 3 rings (SSSR count). The van der Waals surface area contributed by atoms with E-state index in [4.69, 9.17) is 0 Å². The number of para-hydroxylation sites is 1. The zero-order valence-electron chi connectivity index (χ0n) is 11.1. The van der Waals surface area contributed by atoms with Crippen molar-refractivity contribution in [1.29, 1.82) is 0 Å². The Bertz CT molecular complexity index is 628. The van der Waals surface area contributed by atoms with Crippen LogP contribution in [-0.2, 0) is 17.6 Å². The number of pyridine rings is 1. The van der Waals surface area contributed by atoms with E-state index in [-0.39, 0.29) is 11.7 Å². The van der Waals surface area contributed by atoms with Gasteiger partial charge in [-0.1, -0.05) is 18.2 Å². The molecule has 0 unspecified atom stereocenters. The minimum Gasteiger partial charge on any atom is -0.309 e. The Morgan fingerprint density at radius 3 is 2.95 bits per heavy atom. The molecule has 0 saturated carbocycles. The van der Waals surface area contributed by atoms with Crippen LogP contribution in [0, 0.1) is 5.82 Å². The molecule has 0 atom stereocenters. The lowest BCUT2D eigenvalue weighted by Crippen LogP contribution is -2.29. The van der Waals surface area contributed by atoms with Gasteiger partial charge in [-0.3, -0.25) is 9.78 Å². The number of halogens is 1. The summed E-state index contributed by atoms with van der Waals surface area (Å²) >= 11 is 0. The van der Waals surface area contributed by atoms with E-state index in [0.717, 1.165) is 17.7 Å². The molecular weight excluding hydrogens is 255 g/mol. The summed E-state index contributed by atoms with van der Waals surface area (Å²) in [4.78, 5) is 18.0. The molecule has 0 spiro atoms. The van der Waals surface area contributed by atoms with Crippen molar-refractivity contribution in [1.82, 2.24) is 4.98 Å². The normalized spacial score (nSPS) is 13.3. The third kappa shape index (κ3) is 2.41. The first kappa shape index (κ1) is 12.8. The quantitative estimate of drug-likeness (QED) is 0.859. The Labute approximate surface area is 117 Å². The third-order valence-corrected chi connectivity index (χ3v) is 3.57. The Hall–Kier alpha value is -2.23. The van der Waals surface area contributed by atoms with Crippen molar-refractivity contribution in [3.8, 4) is 0 Å². The summed E-state index contributed by atoms with van der Waals surface area (Å²) in [5.41, 5.74) is 2.25. The van der Waals surface area contributed by atoms with Gasteiger partial charge in [0.05, 0.1) is 5.69 Å². The van der Waals surface area contributed by atoms with Crippen molar-refractivity contribution in [2.24, 2.45) is 0 Å². The fraction of sp³-hybridized carbons (Fsp3) is 0.250. The largest absolute Gasteiger partial charge is 0.309 e. The second-order valence-corrected chi connectivity index (χ2v) is 4.86. The van der Waals surface area contributed by atoms with E-state index < -0.39 is 0 Å². The number of aryl methyl sites for hydroxylation is 1. The first-order valence-electron chi connectivity index (χ1n) is 6.73. The summed E-state index contributed by atoms with van der Waals surface area (Å²) in [5.74, 6) is -0.356. The predicted octanol–water partition coefficient (Wildman–Crippen LogP) is 2.74. The number of carbonyl (C=O) groups is 1. The molecule has 0 saturated heterocycles. The number of hydrogen-bond acceptors (Lipinski definition) is 2. The van der Waals surface area contributed by atoms with E-state index in [1.165, 1.54) is 6.07 Å². The van der Waals surface area contributed by atoms with E-state index in [2.05, 4.69) is 4.98 Å². The molecule has 102 valence electrons. The van der Waals surface area contributed by atoms with Gasteiger partial charge in [0.1, 0.15) is 5.82 Å². The van der Waals surface area contributed by atoms with Crippen molar-refractivity contribution in [2.45, 2.75) is 19.3 Å². The number of benzene rings is 1. The van der Waals surface area contributed by atoms with Crippen LogP contribution in [0.2, 0.25) is 0 Å². The Morgan fingerprint density at radius 2 is 2.15 bits per heavy atom. The van der Waals surface area contributed by atoms with E-state index in [1.807, 2.05) is 24.3 Å². The molecule has 1 aliphatic heterocycles. The van der Waals surface area contributed by atoms with Gasteiger partial charge in [-0.15, -0.1) is 0 Å². The highest BCUT2D eigenvalue weighted by atomic mass is 19.1. The lowest BCUT2D eigenvalue weighted by atomic mass is 10.1. The summed E-state index contributed by atoms with van der Waals surface area (Å²) in [6.07, 6.45) is 3.37. The molecule has 0 fully saturated rings. The Balaban J connectivity index is 1.71. The molecule has 4 heteroatoms. The Kier molecular flexibility index (Phi) is 3.46. The average molecular weight is 270 g/mol. The van der Waals surface area contributed by atoms with Crippen molar-refractivity contribution < 1.29 is 9.18 Å². The standard InChI is InChI=1S/C16H15FN2O/c17-14-6-3-4-12-9-11-19(16(12)14)15(20)8-7-13-5-1-2-10-18-13/h1-6,10H,7-9,11H2. The minimum atomic E-state index is -0.314. The van der Waals surface area contributed by atoms with Crippen molar-refractivity contribution in [3.05, 3.63) is 59.7 Å². The smallest absolute Gasteiger partial charge is 0.227 e. The van der Waals surface area contributed by atoms with Crippen LogP contribution in [0.25, 0.3) is 0 Å². The number of anilines is 1. The van der Waals surface area contributed by atoms with Crippen molar-refractivity contribution >= 4 is 11.6 Å². The van der Waals surface area contributed by atoms with Gasteiger partial charge in [0, 0.05) is 24.9 Å². The number of nitrogens with zero attached hydrogens (tertiary/aromatic N) is 2. The van der Waals surface area contributed by atoms with Crippen LogP contribution < -0.4 is 4.90 Å². The van der Waals surface area contributed by atoms with E-state index in [1.54, 1.807) is 17.2 Å². The zero-order valence-corrected chi connectivity index (χ0v) is 11.1. The van der Waals surface area contributed by atoms with Crippen LogP contribution in [0.4, 0.5) is 10.1 Å². The minimum absolute atomic E-state index is 0.0421. The SMILES string of the molecule is O=C(CCc1ccccn1)N1CCc2cccc(F)c21. The maximum atomic E-state index is 13.9. The summed E-state index contributed by atoms with van der Waals surface area (Å²) in [6.45, 7) is 0.567. The van der Waals surface area contributed by atoms with Gasteiger partial charge in [0.25, 0.3) is 0 Å². The fourth-order valence-corrected chi connectivity index (χ4v) is 2.57. The van der Waals surface area contributed by atoms with E-state index in [0.29, 0.717) is 25.1 Å². The second-order valence-electron chi connectivity index (χ2n) is 4.86. The molecule has 20 heavy (non-hydrogen) atoms. The zero-order chi connectivity index (χ0) is 13.9. The van der Waals surface area contributed by atoms with E-state index >= 15 is 0 Å². The fourth-order valence-electron chi connectivity index (χ4n) is 2.57. The third-order valence-electron chi connectivity index (χ3n) is 3.57. The molecule has 0 bridgehead atoms. The number of carbonyl (C=O) groups excluding carboxylic acids is 1. The maximum absolute atomic E-state index is 13.9. The number of rotatable bonds is 3. The lowest BCUT2D eigenvalue weighted by Gasteiger charge is -2.17. The summed E-state index contributed by atoms with van der Waals surface area (Å²) in [5, 5.41) is 0. The van der Waals surface area contributed by atoms with Gasteiger partial charge >= 0.3 is 0 Å². The van der Waals surface area contributed by atoms with Gasteiger partial charge < -0.3 is 4.90 Å². The van der Waals surface area contributed by atoms with Crippen LogP contribution in [0.3, 0.4) is 0 Å². The van der Waals surface area contributed by atoms with Crippen LogP contribution in [0.15, 0.2) is 42.6 Å². The monoisotopic (exact) mass is 270 g/mol. The highest BCUT2D eigenvalue weighted by molar-refractivity contribution is 5.95. The van der Waals surface area contributed by atoms with Gasteiger partial charge in [0.15, 0.2) is 0 Å². The van der Waals surface area contributed by atoms with Gasteiger partial charge in [-0.25, -0.2) is 4.39 Å². The highest BCUT2D eigenvalue weighted by Gasteiger charge is 2.27. The van der Waals surface area contributed by atoms with Crippen LogP contribution >= 0.6 is 0 Å². The topological polar surface area (TPSA) is 33.2 Å². The van der Waals surface area contributed by atoms with Gasteiger partial charge in [-0.05, 0) is 36.6 Å². The molecule has 2 heterocycles. The van der Waals surface area contributed by atoms with Crippen molar-refractivity contribution in [3.63, 3.8) is 0 Å². The molecule has 0 N–H and O–H groups in total. The second kappa shape index (κ2) is 5.41. The molecule has 1 aromatic heterocycles. The average Bonchev–Trinajstić information content (AvgIpc) is 2.91. The number of aromatic nitrogens is 1. The maximum Gasteiger partial charge on any atom is 0.227 e. The first-order chi connectivity index (χ1) is 9.75. The molecule has 2 aromatic rings. The predicted molar refractivity (Wildman–Crippen MR) is 75.0 cm³/mol. The summed E-state index contributed by atoms with van der Waals surface area (Å²) < 4.78 is 13.9. The molecule has 1 aromatic carbocycles. The highest BCUT2D eigenvalue weighted by Crippen LogP contribution is 2.31. The first-order valence-corrected chi connectivity index (χ1v) is 6.73. The molecular formula is C16H15FN2O. The lowest BCUT2D eigenvalue weighted by molar-refractivity contribution is -0.118. The molecule has 0 radical (unpaired) electrons. The Morgan fingerprint density at radius 1 is 1.25 bits per heavy atom. The number of hydrogen-bond donors (Lipinski definition) is 0. The summed E-state index contributed by atoms with van der Waals surface area (Å²) in [6, 6.07) is 10.6. The van der Waals surface area contributed by atoms with Crippen molar-refractivity contribution in [2.75, 3.05) is 11.4 Å². The number of amides is 1. The van der Waals surface area contributed by atoms with Gasteiger partial charge in [0.2, 0.25) is 5.91 Å². The molecule has 1 amide bonds. The van der Waals surface area contributed by atoms with E-state index in [9.17, 15) is 9.18 Å². The van der Waals surface area contributed by atoms with Crippen LogP contribution in [0.5, 0.6) is 0 Å². The number of fused-ring (bicyclic) bond motifs is 1. The van der Waals surface area contributed by atoms with Crippen LogP contribution in [0.1, 0.15) is 17.7 Å².